The van der Waals surface area contributed by atoms with E-state index in [2.05, 4.69) is 36.9 Å². The number of nitrogens with one attached hydrogen (secondary N) is 2. The van der Waals surface area contributed by atoms with Crippen LogP contribution in [0.3, 0.4) is 0 Å². The van der Waals surface area contributed by atoms with Crippen LogP contribution in [0, 0.1) is 11.3 Å². The van der Waals surface area contributed by atoms with Gasteiger partial charge in [0.05, 0.1) is 5.69 Å². The lowest BCUT2D eigenvalue weighted by molar-refractivity contribution is 0.572. The van der Waals surface area contributed by atoms with Crippen molar-refractivity contribution >= 4 is 38.9 Å². The molecule has 8 heteroatoms. The van der Waals surface area contributed by atoms with E-state index in [1.165, 1.54) is 11.3 Å². The summed E-state index contributed by atoms with van der Waals surface area (Å²) >= 11 is 1.33. The van der Waals surface area contributed by atoms with Crippen LogP contribution in [0.5, 0.6) is 0 Å². The van der Waals surface area contributed by atoms with Gasteiger partial charge >= 0.3 is 0 Å². The van der Waals surface area contributed by atoms with Gasteiger partial charge < -0.3 is 10.6 Å². The second-order valence-electron chi connectivity index (χ2n) is 7.84. The van der Waals surface area contributed by atoms with E-state index in [1.54, 1.807) is 6.20 Å². The first-order chi connectivity index (χ1) is 14.5. The van der Waals surface area contributed by atoms with Crippen molar-refractivity contribution in [2.24, 2.45) is 0 Å². The van der Waals surface area contributed by atoms with Crippen LogP contribution in [0.25, 0.3) is 10.8 Å². The Balaban J connectivity index is 1.65. The molecular formula is C22H21N7S. The second-order valence-corrected chi connectivity index (χ2v) is 8.84. The third kappa shape index (κ3) is 4.07. The summed E-state index contributed by atoms with van der Waals surface area (Å²) in [6.07, 6.45) is 3.57. The maximum atomic E-state index is 9.47. The molecule has 0 saturated carbocycles. The molecule has 0 aliphatic carbocycles. The summed E-state index contributed by atoms with van der Waals surface area (Å²) in [5.74, 6) is 1.31. The minimum absolute atomic E-state index is 0.213. The van der Waals surface area contributed by atoms with Crippen molar-refractivity contribution in [3.8, 4) is 6.07 Å². The molecule has 0 unspecified atom stereocenters. The fraction of sp³-hybridized carbons (Fsp3) is 0.227. The molecule has 4 aromatic rings. The summed E-state index contributed by atoms with van der Waals surface area (Å²) < 4.78 is 0. The first-order valence-corrected chi connectivity index (χ1v) is 10.3. The van der Waals surface area contributed by atoms with Crippen molar-refractivity contribution in [2.45, 2.75) is 32.7 Å². The molecule has 4 rings (SSSR count). The van der Waals surface area contributed by atoms with E-state index in [1.807, 2.05) is 63.4 Å². The van der Waals surface area contributed by atoms with Crippen LogP contribution in [-0.4, -0.2) is 20.2 Å². The molecule has 150 valence electrons. The summed E-state index contributed by atoms with van der Waals surface area (Å²) in [6.45, 7) is 6.74. The highest BCUT2D eigenvalue weighted by molar-refractivity contribution is 7.16. The maximum Gasteiger partial charge on any atom is 0.189 e. The Morgan fingerprint density at radius 3 is 2.40 bits per heavy atom. The SMILES string of the molecule is CC(C)(C)c1nc(Nc2nnc(NCc3cccnc3)c3ccccc23)sc1C#N. The van der Waals surface area contributed by atoms with Crippen molar-refractivity contribution in [3.63, 3.8) is 0 Å². The van der Waals surface area contributed by atoms with E-state index in [9.17, 15) is 5.26 Å². The van der Waals surface area contributed by atoms with E-state index in [0.717, 1.165) is 22.0 Å². The van der Waals surface area contributed by atoms with Crippen LogP contribution in [-0.2, 0) is 12.0 Å². The Labute approximate surface area is 178 Å². The zero-order valence-electron chi connectivity index (χ0n) is 17.0. The lowest BCUT2D eigenvalue weighted by atomic mass is 9.91. The van der Waals surface area contributed by atoms with Crippen molar-refractivity contribution < 1.29 is 0 Å². The standard InChI is InChI=1S/C22H21N7S/c1-22(2,3)18-17(11-23)30-21(26-18)27-20-16-9-5-4-8-15(16)19(28-29-20)25-13-14-7-6-10-24-12-14/h4-10,12H,13H2,1-3H3,(H,25,28)(H,26,27,29). The highest BCUT2D eigenvalue weighted by Crippen LogP contribution is 2.34. The average Bonchev–Trinajstić information content (AvgIpc) is 3.17. The first-order valence-electron chi connectivity index (χ1n) is 9.52. The van der Waals surface area contributed by atoms with Crippen LogP contribution in [0.15, 0.2) is 48.8 Å². The number of hydrogen-bond donors (Lipinski definition) is 2. The van der Waals surface area contributed by atoms with Crippen molar-refractivity contribution in [1.29, 1.82) is 5.26 Å². The number of hydrogen-bond acceptors (Lipinski definition) is 8. The van der Waals surface area contributed by atoms with Crippen LogP contribution in [0.1, 0.15) is 36.9 Å². The van der Waals surface area contributed by atoms with Gasteiger partial charge in [0, 0.05) is 35.1 Å². The van der Waals surface area contributed by atoms with Gasteiger partial charge in [-0.15, -0.1) is 10.2 Å². The number of thiazole rings is 1. The maximum absolute atomic E-state index is 9.47. The second kappa shape index (κ2) is 8.05. The van der Waals surface area contributed by atoms with E-state index in [4.69, 9.17) is 0 Å². The third-order valence-electron chi connectivity index (χ3n) is 4.53. The number of rotatable bonds is 5. The number of fused-ring (bicyclic) bond motifs is 1. The quantitative estimate of drug-likeness (QED) is 0.473. The Hall–Kier alpha value is -3.57. The van der Waals surface area contributed by atoms with Gasteiger partial charge in [-0.05, 0) is 11.6 Å². The minimum Gasteiger partial charge on any atom is -0.364 e. The van der Waals surface area contributed by atoms with Crippen LogP contribution in [0.2, 0.25) is 0 Å². The molecule has 0 amide bonds. The van der Waals surface area contributed by atoms with Crippen LogP contribution < -0.4 is 10.6 Å². The van der Waals surface area contributed by atoms with Gasteiger partial charge in [0.2, 0.25) is 0 Å². The van der Waals surface area contributed by atoms with E-state index < -0.39 is 0 Å². The normalized spacial score (nSPS) is 11.3. The molecule has 0 radical (unpaired) electrons. The fourth-order valence-electron chi connectivity index (χ4n) is 3.07. The zero-order chi connectivity index (χ0) is 21.1. The Morgan fingerprint density at radius 1 is 1.03 bits per heavy atom. The van der Waals surface area contributed by atoms with Gasteiger partial charge in [-0.1, -0.05) is 62.4 Å². The molecule has 0 spiro atoms. The van der Waals surface area contributed by atoms with Gasteiger partial charge in [-0.2, -0.15) is 5.26 Å². The van der Waals surface area contributed by atoms with Crippen LogP contribution in [0.4, 0.5) is 16.8 Å². The van der Waals surface area contributed by atoms with Crippen molar-refractivity contribution in [2.75, 3.05) is 10.6 Å². The molecule has 0 aliphatic rings. The van der Waals surface area contributed by atoms with Gasteiger partial charge in [0.25, 0.3) is 0 Å². The topological polar surface area (TPSA) is 99.4 Å². The molecule has 1 aromatic carbocycles. The molecule has 0 fully saturated rings. The fourth-order valence-corrected chi connectivity index (χ4v) is 4.05. The Kier molecular flexibility index (Phi) is 5.29. The summed E-state index contributed by atoms with van der Waals surface area (Å²) in [6, 6.07) is 14.1. The van der Waals surface area contributed by atoms with Gasteiger partial charge in [0.15, 0.2) is 16.8 Å². The molecule has 0 atom stereocenters. The summed E-state index contributed by atoms with van der Waals surface area (Å²) in [5, 5.41) is 27.3. The smallest absolute Gasteiger partial charge is 0.189 e. The monoisotopic (exact) mass is 415 g/mol. The number of nitrogens with zero attached hydrogens (tertiary/aromatic N) is 5. The summed E-state index contributed by atoms with van der Waals surface area (Å²) in [4.78, 5) is 9.39. The lowest BCUT2D eigenvalue weighted by Crippen LogP contribution is -2.13. The molecular weight excluding hydrogens is 394 g/mol. The number of nitriles is 1. The lowest BCUT2D eigenvalue weighted by Gasteiger charge is -2.15. The van der Waals surface area contributed by atoms with E-state index in [0.29, 0.717) is 28.2 Å². The van der Waals surface area contributed by atoms with Crippen molar-refractivity contribution in [1.82, 2.24) is 20.2 Å². The molecule has 7 nitrogen and oxygen atoms in total. The molecule has 30 heavy (non-hydrogen) atoms. The van der Waals surface area contributed by atoms with Crippen molar-refractivity contribution in [3.05, 3.63) is 64.9 Å². The predicted octanol–water partition coefficient (Wildman–Crippen LogP) is 5.01. The van der Waals surface area contributed by atoms with E-state index in [-0.39, 0.29) is 5.41 Å². The highest BCUT2D eigenvalue weighted by Gasteiger charge is 2.24. The highest BCUT2D eigenvalue weighted by atomic mass is 32.1. The summed E-state index contributed by atoms with van der Waals surface area (Å²) in [7, 11) is 0. The molecule has 0 bridgehead atoms. The average molecular weight is 416 g/mol. The zero-order valence-corrected chi connectivity index (χ0v) is 17.8. The number of aromatic nitrogens is 4. The Bertz CT molecular complexity index is 1220. The predicted molar refractivity (Wildman–Crippen MR) is 120 cm³/mol. The molecule has 3 aromatic heterocycles. The van der Waals surface area contributed by atoms with Crippen LogP contribution >= 0.6 is 11.3 Å². The Morgan fingerprint density at radius 2 is 1.77 bits per heavy atom. The molecule has 0 saturated heterocycles. The summed E-state index contributed by atoms with van der Waals surface area (Å²) in [5.41, 5.74) is 1.63. The largest absolute Gasteiger partial charge is 0.364 e. The molecule has 2 N–H and O–H groups in total. The number of anilines is 3. The third-order valence-corrected chi connectivity index (χ3v) is 5.41. The van der Waals surface area contributed by atoms with Gasteiger partial charge in [-0.25, -0.2) is 4.98 Å². The number of benzene rings is 1. The number of pyridine rings is 1. The molecule has 3 heterocycles. The minimum atomic E-state index is -0.213. The van der Waals surface area contributed by atoms with Gasteiger partial charge in [0.1, 0.15) is 10.9 Å². The molecule has 0 aliphatic heterocycles. The van der Waals surface area contributed by atoms with E-state index >= 15 is 0 Å². The van der Waals surface area contributed by atoms with Gasteiger partial charge in [-0.3, -0.25) is 4.98 Å². The first kappa shape index (κ1) is 19.7.